The van der Waals surface area contributed by atoms with Crippen molar-refractivity contribution in [2.75, 3.05) is 26.2 Å². The summed E-state index contributed by atoms with van der Waals surface area (Å²) in [6, 6.07) is 6.25. The zero-order chi connectivity index (χ0) is 17.2. The lowest BCUT2D eigenvalue weighted by molar-refractivity contribution is 0.163. The van der Waals surface area contributed by atoms with Gasteiger partial charge in [0.05, 0.1) is 6.04 Å². The topological polar surface area (TPSA) is 55.8 Å². The van der Waals surface area contributed by atoms with Gasteiger partial charge in [-0.1, -0.05) is 18.6 Å². The Morgan fingerprint density at radius 1 is 1.08 bits per heavy atom. The number of carbonyl (C=O) groups is 1. The molecule has 5 heteroatoms. The molecule has 2 N–H and O–H groups in total. The third-order valence-electron chi connectivity index (χ3n) is 6.13. The molecule has 1 aromatic rings. The maximum atomic E-state index is 12.9. The quantitative estimate of drug-likeness (QED) is 0.868. The van der Waals surface area contributed by atoms with Crippen LogP contribution in [0.15, 0.2) is 18.2 Å². The van der Waals surface area contributed by atoms with Gasteiger partial charge in [0.1, 0.15) is 5.75 Å². The molecule has 2 heterocycles. The summed E-state index contributed by atoms with van der Waals surface area (Å²) < 4.78 is 0. The number of amides is 2. The van der Waals surface area contributed by atoms with Crippen LogP contribution in [0.4, 0.5) is 4.79 Å². The van der Waals surface area contributed by atoms with Crippen molar-refractivity contribution in [1.82, 2.24) is 15.1 Å². The molecule has 0 bridgehead atoms. The van der Waals surface area contributed by atoms with E-state index in [0.29, 0.717) is 11.8 Å². The summed E-state index contributed by atoms with van der Waals surface area (Å²) in [6.07, 6.45) is 7.83. The van der Waals surface area contributed by atoms with E-state index in [0.717, 1.165) is 43.5 Å². The molecule has 136 valence electrons. The minimum atomic E-state index is 0.0306. The van der Waals surface area contributed by atoms with Crippen LogP contribution in [0.1, 0.15) is 55.7 Å². The monoisotopic (exact) mass is 343 g/mol. The highest BCUT2D eigenvalue weighted by atomic mass is 16.3. The first-order valence-corrected chi connectivity index (χ1v) is 9.82. The number of hydrogen-bond acceptors (Lipinski definition) is 3. The van der Waals surface area contributed by atoms with Crippen molar-refractivity contribution in [3.05, 3.63) is 29.3 Å². The maximum absolute atomic E-state index is 12.9. The Bertz CT molecular complexity index is 627. The number of nitrogens with zero attached hydrogens (tertiary/aromatic N) is 2. The van der Waals surface area contributed by atoms with Crippen molar-refractivity contribution in [2.45, 2.75) is 57.0 Å². The molecule has 1 aromatic carbocycles. The molecule has 0 spiro atoms. The molecule has 0 unspecified atom stereocenters. The standard InChI is InChI=1S/C20H29N3O2/c24-19-8-5-7-16-17(19)9-10-18(16)21-20(25)23-13-2-1-6-15(14-23)22-11-3-4-12-22/h5,7-8,15,18,24H,1-4,6,9-14H2,(H,21,25)/t15-,18-/m1/s1. The minimum Gasteiger partial charge on any atom is -0.508 e. The largest absolute Gasteiger partial charge is 0.508 e. The van der Waals surface area contributed by atoms with E-state index in [4.69, 9.17) is 0 Å². The molecule has 2 fully saturated rings. The Hall–Kier alpha value is -1.75. The van der Waals surface area contributed by atoms with Crippen LogP contribution in [0.3, 0.4) is 0 Å². The van der Waals surface area contributed by atoms with Crippen LogP contribution in [-0.2, 0) is 6.42 Å². The summed E-state index contributed by atoms with van der Waals surface area (Å²) >= 11 is 0. The second-order valence-electron chi connectivity index (χ2n) is 7.72. The smallest absolute Gasteiger partial charge is 0.317 e. The van der Waals surface area contributed by atoms with Gasteiger partial charge in [-0.2, -0.15) is 0 Å². The molecule has 2 saturated heterocycles. The number of phenols is 1. The van der Waals surface area contributed by atoms with Crippen LogP contribution < -0.4 is 5.32 Å². The molecule has 5 nitrogen and oxygen atoms in total. The van der Waals surface area contributed by atoms with Gasteiger partial charge in [-0.3, -0.25) is 4.90 Å². The van der Waals surface area contributed by atoms with Crippen molar-refractivity contribution >= 4 is 6.03 Å². The third kappa shape index (κ3) is 3.47. The second kappa shape index (κ2) is 7.24. The molecule has 3 aliphatic rings. The number of nitrogens with one attached hydrogen (secondary N) is 1. The molecule has 2 amide bonds. The number of urea groups is 1. The van der Waals surface area contributed by atoms with Gasteiger partial charge in [0, 0.05) is 19.1 Å². The van der Waals surface area contributed by atoms with Gasteiger partial charge in [-0.25, -0.2) is 4.79 Å². The van der Waals surface area contributed by atoms with Gasteiger partial charge in [0.15, 0.2) is 0 Å². The Balaban J connectivity index is 1.41. The molecule has 1 aliphatic carbocycles. The fraction of sp³-hybridized carbons (Fsp3) is 0.650. The highest BCUT2D eigenvalue weighted by Gasteiger charge is 2.31. The first-order chi connectivity index (χ1) is 12.2. The summed E-state index contributed by atoms with van der Waals surface area (Å²) in [7, 11) is 0. The zero-order valence-corrected chi connectivity index (χ0v) is 14.9. The Kier molecular flexibility index (Phi) is 4.84. The van der Waals surface area contributed by atoms with Crippen molar-refractivity contribution in [2.24, 2.45) is 0 Å². The van der Waals surface area contributed by atoms with Crippen molar-refractivity contribution in [3.63, 3.8) is 0 Å². The van der Waals surface area contributed by atoms with Crippen molar-refractivity contribution in [3.8, 4) is 5.75 Å². The van der Waals surface area contributed by atoms with E-state index in [2.05, 4.69) is 10.2 Å². The van der Waals surface area contributed by atoms with Gasteiger partial charge < -0.3 is 15.3 Å². The molecule has 2 aliphatic heterocycles. The van der Waals surface area contributed by atoms with Crippen LogP contribution in [0, 0.1) is 0 Å². The van der Waals surface area contributed by atoms with Gasteiger partial charge in [-0.15, -0.1) is 0 Å². The first-order valence-electron chi connectivity index (χ1n) is 9.82. The number of fused-ring (bicyclic) bond motifs is 1. The van der Waals surface area contributed by atoms with E-state index < -0.39 is 0 Å². The van der Waals surface area contributed by atoms with Crippen molar-refractivity contribution in [1.29, 1.82) is 0 Å². The number of likely N-dealkylation sites (tertiary alicyclic amines) is 2. The predicted octanol–water partition coefficient (Wildman–Crippen LogP) is 3.04. The van der Waals surface area contributed by atoms with E-state index in [9.17, 15) is 9.90 Å². The molecule has 0 aromatic heterocycles. The predicted molar refractivity (Wildman–Crippen MR) is 97.7 cm³/mol. The molecular formula is C20H29N3O2. The van der Waals surface area contributed by atoms with Crippen LogP contribution in [0.5, 0.6) is 5.75 Å². The number of hydrogen-bond donors (Lipinski definition) is 2. The molecule has 2 atom stereocenters. The molecular weight excluding hydrogens is 314 g/mol. The fourth-order valence-corrected chi connectivity index (χ4v) is 4.73. The van der Waals surface area contributed by atoms with Crippen LogP contribution in [-0.4, -0.2) is 53.2 Å². The van der Waals surface area contributed by atoms with Crippen LogP contribution >= 0.6 is 0 Å². The Morgan fingerprint density at radius 3 is 2.72 bits per heavy atom. The summed E-state index contributed by atoms with van der Waals surface area (Å²) in [4.78, 5) is 17.5. The summed E-state index contributed by atoms with van der Waals surface area (Å²) in [5, 5.41) is 13.2. The van der Waals surface area contributed by atoms with Gasteiger partial charge in [-0.05, 0) is 68.8 Å². The number of phenolic OH excluding ortho intramolecular Hbond substituents is 1. The fourth-order valence-electron chi connectivity index (χ4n) is 4.73. The molecule has 0 saturated carbocycles. The summed E-state index contributed by atoms with van der Waals surface area (Å²) in [5.41, 5.74) is 2.08. The molecule has 25 heavy (non-hydrogen) atoms. The van der Waals surface area contributed by atoms with Crippen LogP contribution in [0.2, 0.25) is 0 Å². The Morgan fingerprint density at radius 2 is 1.88 bits per heavy atom. The third-order valence-corrected chi connectivity index (χ3v) is 6.13. The van der Waals surface area contributed by atoms with E-state index >= 15 is 0 Å². The normalized spacial score (nSPS) is 27.1. The number of benzene rings is 1. The lowest BCUT2D eigenvalue weighted by atomic mass is 10.1. The lowest BCUT2D eigenvalue weighted by Crippen LogP contribution is -2.47. The molecule has 0 radical (unpaired) electrons. The van der Waals surface area contributed by atoms with E-state index in [-0.39, 0.29) is 12.1 Å². The summed E-state index contributed by atoms with van der Waals surface area (Å²) in [5.74, 6) is 0.359. The zero-order valence-electron chi connectivity index (χ0n) is 14.9. The second-order valence-corrected chi connectivity index (χ2v) is 7.72. The maximum Gasteiger partial charge on any atom is 0.317 e. The van der Waals surface area contributed by atoms with E-state index in [1.165, 1.54) is 38.8 Å². The first kappa shape index (κ1) is 16.7. The minimum absolute atomic E-state index is 0.0306. The van der Waals surface area contributed by atoms with Gasteiger partial charge >= 0.3 is 6.03 Å². The number of rotatable bonds is 2. The highest BCUT2D eigenvalue weighted by Crippen LogP contribution is 2.36. The molecule has 4 rings (SSSR count). The Labute approximate surface area is 150 Å². The average Bonchev–Trinajstić information content (AvgIpc) is 3.21. The van der Waals surface area contributed by atoms with Crippen LogP contribution in [0.25, 0.3) is 0 Å². The average molecular weight is 343 g/mol. The van der Waals surface area contributed by atoms with Crippen molar-refractivity contribution < 1.29 is 9.90 Å². The number of carbonyl (C=O) groups excluding carboxylic acids is 1. The van der Waals surface area contributed by atoms with Gasteiger partial charge in [0.25, 0.3) is 0 Å². The lowest BCUT2D eigenvalue weighted by Gasteiger charge is -2.31. The SMILES string of the molecule is O=C(N[C@@H]1CCc2c(O)cccc21)N1CCCC[C@@H](N2CCCC2)C1. The van der Waals surface area contributed by atoms with E-state index in [1.807, 2.05) is 17.0 Å². The summed E-state index contributed by atoms with van der Waals surface area (Å²) in [6.45, 7) is 4.09. The number of aromatic hydroxyl groups is 1. The van der Waals surface area contributed by atoms with Gasteiger partial charge in [0.2, 0.25) is 0 Å². The highest BCUT2D eigenvalue weighted by molar-refractivity contribution is 5.75. The van der Waals surface area contributed by atoms with E-state index in [1.54, 1.807) is 6.07 Å².